The molecule has 3 aliphatic heterocycles. The van der Waals surface area contributed by atoms with Gasteiger partial charge in [0, 0.05) is 23.9 Å². The van der Waals surface area contributed by atoms with Crippen molar-refractivity contribution in [1.82, 2.24) is 4.90 Å². The molecule has 1 saturated carbocycles. The zero-order chi connectivity index (χ0) is 15.6. The second kappa shape index (κ2) is 3.67. The topological polar surface area (TPSA) is 82.4 Å². The lowest BCUT2D eigenvalue weighted by atomic mass is 9.64. The summed E-state index contributed by atoms with van der Waals surface area (Å²) in [4.78, 5) is 2.30. The summed E-state index contributed by atoms with van der Waals surface area (Å²) in [6, 6.07) is 3.77. The van der Waals surface area contributed by atoms with E-state index in [0.29, 0.717) is 18.0 Å². The van der Waals surface area contributed by atoms with E-state index >= 15 is 0 Å². The second-order valence-corrected chi connectivity index (χ2v) is 7.67. The fourth-order valence-corrected chi connectivity index (χ4v) is 6.41. The Labute approximate surface area is 133 Å². The Morgan fingerprint density at radius 1 is 1.13 bits per heavy atom. The smallest absolute Gasteiger partial charge is 0.231 e. The second-order valence-electron chi connectivity index (χ2n) is 7.67. The Kier molecular flexibility index (Phi) is 2.07. The van der Waals surface area contributed by atoms with Crippen LogP contribution in [-0.4, -0.2) is 57.8 Å². The lowest BCUT2D eigenvalue weighted by Crippen LogP contribution is -2.51. The number of aliphatic hydroxyl groups excluding tert-OH is 2. The fourth-order valence-electron chi connectivity index (χ4n) is 6.41. The predicted octanol–water partition coefficient (Wildman–Crippen LogP) is -0.100. The molecule has 1 spiro atoms. The maximum atomic E-state index is 11.6. The van der Waals surface area contributed by atoms with Crippen molar-refractivity contribution >= 4 is 0 Å². The number of fused-ring (bicyclic) bond motifs is 4. The first-order valence-electron chi connectivity index (χ1n) is 8.35. The van der Waals surface area contributed by atoms with Crippen molar-refractivity contribution < 1.29 is 24.8 Å². The Bertz CT molecular complexity index is 738. The van der Waals surface area contributed by atoms with E-state index in [0.717, 1.165) is 30.5 Å². The van der Waals surface area contributed by atoms with Gasteiger partial charge >= 0.3 is 0 Å². The summed E-state index contributed by atoms with van der Waals surface area (Å²) < 4.78 is 11.0. The lowest BCUT2D eigenvalue weighted by molar-refractivity contribution is -0.0707. The first-order chi connectivity index (χ1) is 11.1. The Morgan fingerprint density at radius 3 is 2.74 bits per heavy atom. The SMILES string of the molecule is OC1C2[C@@]3(O)CN4CCC[C@@]24[C@@H](c2cc4c(cc23)OCO4)[C@@H]1O. The number of hydrogen-bond donors (Lipinski definition) is 3. The van der Waals surface area contributed by atoms with Gasteiger partial charge in [-0.2, -0.15) is 0 Å². The molecule has 122 valence electrons. The number of rotatable bonds is 0. The number of benzene rings is 1. The minimum atomic E-state index is -1.13. The molecule has 0 radical (unpaired) electrons. The van der Waals surface area contributed by atoms with Crippen LogP contribution >= 0.6 is 0 Å². The molecule has 3 N–H and O–H groups in total. The van der Waals surface area contributed by atoms with Gasteiger partial charge in [0.05, 0.1) is 12.2 Å². The van der Waals surface area contributed by atoms with Crippen LogP contribution in [-0.2, 0) is 5.60 Å². The van der Waals surface area contributed by atoms with Crippen molar-refractivity contribution in [3.8, 4) is 11.5 Å². The van der Waals surface area contributed by atoms with Crippen LogP contribution in [0, 0.1) is 5.92 Å². The highest BCUT2D eigenvalue weighted by Crippen LogP contribution is 2.69. The highest BCUT2D eigenvalue weighted by molar-refractivity contribution is 5.58. The Morgan fingerprint density at radius 2 is 1.91 bits per heavy atom. The molecule has 1 aromatic rings. The van der Waals surface area contributed by atoms with Crippen LogP contribution in [0.1, 0.15) is 29.9 Å². The van der Waals surface area contributed by atoms with Crippen molar-refractivity contribution in [2.45, 2.75) is 42.1 Å². The zero-order valence-electron chi connectivity index (χ0n) is 12.6. The van der Waals surface area contributed by atoms with E-state index in [1.165, 1.54) is 0 Å². The zero-order valence-corrected chi connectivity index (χ0v) is 12.6. The first-order valence-corrected chi connectivity index (χ1v) is 8.35. The number of aliphatic hydroxyl groups is 3. The first kappa shape index (κ1) is 13.0. The van der Waals surface area contributed by atoms with Crippen molar-refractivity contribution in [2.75, 3.05) is 19.9 Å². The third-order valence-electron chi connectivity index (χ3n) is 7.00. The van der Waals surface area contributed by atoms with Crippen LogP contribution < -0.4 is 9.47 Å². The van der Waals surface area contributed by atoms with Gasteiger partial charge < -0.3 is 24.8 Å². The quantitative estimate of drug-likeness (QED) is 0.620. The normalized spacial score (nSPS) is 48.7. The summed E-state index contributed by atoms with van der Waals surface area (Å²) in [7, 11) is 0. The largest absolute Gasteiger partial charge is 0.454 e. The van der Waals surface area contributed by atoms with Gasteiger partial charge in [0.15, 0.2) is 11.5 Å². The predicted molar refractivity (Wildman–Crippen MR) is 78.2 cm³/mol. The Balaban J connectivity index is 1.69. The maximum absolute atomic E-state index is 11.6. The summed E-state index contributed by atoms with van der Waals surface area (Å²) in [6.07, 6.45) is 0.195. The molecule has 5 aliphatic rings. The molecular weight excluding hydrogens is 298 g/mol. The highest BCUT2D eigenvalue weighted by atomic mass is 16.7. The summed E-state index contributed by atoms with van der Waals surface area (Å²) in [5.41, 5.74) is 0.257. The van der Waals surface area contributed by atoms with Crippen LogP contribution in [0.25, 0.3) is 0 Å². The monoisotopic (exact) mass is 317 g/mol. The van der Waals surface area contributed by atoms with Gasteiger partial charge in [-0.1, -0.05) is 0 Å². The van der Waals surface area contributed by atoms with Crippen LogP contribution in [0.15, 0.2) is 12.1 Å². The van der Waals surface area contributed by atoms with Gasteiger partial charge in [0.2, 0.25) is 6.79 Å². The van der Waals surface area contributed by atoms with E-state index in [4.69, 9.17) is 9.47 Å². The van der Waals surface area contributed by atoms with E-state index in [9.17, 15) is 15.3 Å². The van der Waals surface area contributed by atoms with Crippen LogP contribution in [0.4, 0.5) is 0 Å². The third kappa shape index (κ3) is 1.16. The molecule has 3 heterocycles. The van der Waals surface area contributed by atoms with Crippen molar-refractivity contribution in [1.29, 1.82) is 0 Å². The molecule has 4 bridgehead atoms. The van der Waals surface area contributed by atoms with E-state index in [-0.39, 0.29) is 24.2 Å². The number of β-amino-alcohol motifs (C(OH)–C–C–N with tert-alkyl or cyclic N) is 1. The summed E-state index contributed by atoms with van der Waals surface area (Å²) in [5.74, 6) is 0.783. The lowest BCUT2D eigenvalue weighted by Gasteiger charge is -2.44. The molecule has 2 saturated heterocycles. The standard InChI is InChI=1S/C17H19NO5/c19-13-12-8-4-10-11(23-7-22-10)5-9(8)17(21)6-18-3-1-2-16(12,18)15(17)14(13)20/h4-5,12-15,19-21H,1-3,6-7H2/t12-,13-,14?,15?,16+,17+/m0/s1. The molecule has 6 rings (SSSR count). The van der Waals surface area contributed by atoms with Gasteiger partial charge in [-0.25, -0.2) is 0 Å². The molecule has 6 heteroatoms. The average molecular weight is 317 g/mol. The van der Waals surface area contributed by atoms with Crippen molar-refractivity contribution in [3.63, 3.8) is 0 Å². The molecular formula is C17H19NO5. The molecule has 6 nitrogen and oxygen atoms in total. The van der Waals surface area contributed by atoms with Gasteiger partial charge in [0.25, 0.3) is 0 Å². The molecule has 1 aromatic carbocycles. The molecule has 3 fully saturated rings. The fraction of sp³-hybridized carbons (Fsp3) is 0.647. The molecule has 2 aliphatic carbocycles. The van der Waals surface area contributed by atoms with Crippen molar-refractivity contribution in [3.05, 3.63) is 23.3 Å². The minimum Gasteiger partial charge on any atom is -0.454 e. The third-order valence-corrected chi connectivity index (χ3v) is 7.00. The van der Waals surface area contributed by atoms with Crippen LogP contribution in [0.3, 0.4) is 0 Å². The van der Waals surface area contributed by atoms with E-state index < -0.39 is 17.8 Å². The average Bonchev–Trinajstić information content (AvgIpc) is 3.19. The van der Waals surface area contributed by atoms with Gasteiger partial charge in [-0.3, -0.25) is 4.90 Å². The molecule has 0 aromatic heterocycles. The van der Waals surface area contributed by atoms with Gasteiger partial charge in [0.1, 0.15) is 5.60 Å². The molecule has 6 atom stereocenters. The Hall–Kier alpha value is -1.34. The number of ether oxygens (including phenoxy) is 2. The minimum absolute atomic E-state index is 0.183. The summed E-state index contributed by atoms with van der Waals surface area (Å²) >= 11 is 0. The van der Waals surface area contributed by atoms with Gasteiger partial charge in [-0.15, -0.1) is 0 Å². The molecule has 2 unspecified atom stereocenters. The van der Waals surface area contributed by atoms with E-state index in [1.807, 2.05) is 12.1 Å². The molecule has 0 amide bonds. The number of nitrogens with zero attached hydrogens (tertiary/aromatic N) is 1. The van der Waals surface area contributed by atoms with Crippen LogP contribution in [0.5, 0.6) is 11.5 Å². The van der Waals surface area contributed by atoms with E-state index in [2.05, 4.69) is 4.90 Å². The van der Waals surface area contributed by atoms with E-state index in [1.54, 1.807) is 0 Å². The number of hydrogen-bond acceptors (Lipinski definition) is 6. The summed E-state index contributed by atoms with van der Waals surface area (Å²) in [6.45, 7) is 1.62. The van der Waals surface area contributed by atoms with Crippen LogP contribution in [0.2, 0.25) is 0 Å². The highest BCUT2D eigenvalue weighted by Gasteiger charge is 2.77. The summed E-state index contributed by atoms with van der Waals surface area (Å²) in [5, 5.41) is 33.1. The van der Waals surface area contributed by atoms with Crippen molar-refractivity contribution in [2.24, 2.45) is 5.92 Å². The molecule has 23 heavy (non-hydrogen) atoms. The van der Waals surface area contributed by atoms with Gasteiger partial charge in [-0.05, 0) is 42.6 Å². The maximum Gasteiger partial charge on any atom is 0.231 e.